The Morgan fingerprint density at radius 2 is 1.61 bits per heavy atom. The maximum Gasteiger partial charge on any atom is 0.243 e. The largest absolute Gasteiger partial charge is 0.454 e. The van der Waals surface area contributed by atoms with E-state index in [1.807, 2.05) is 24.3 Å². The molecule has 4 nitrogen and oxygen atoms in total. The summed E-state index contributed by atoms with van der Waals surface area (Å²) in [5.74, 6) is 2.16. The minimum Gasteiger partial charge on any atom is -0.454 e. The standard InChI is InChI=1S/C27H39NO3/c1-23(2)21-28-27(29)17-15-13-11-9-7-5-3-4-6-8-10-12-14-16-24-18-19-25-26(20-24)31-22-30-25/h11,13-20,23H,3-10,12,21-22H2,1-2H3,(H,28,29)/b13-11?,16-14+,17-15+. The summed E-state index contributed by atoms with van der Waals surface area (Å²) in [7, 11) is 0. The first-order valence-corrected chi connectivity index (χ1v) is 11.8. The highest BCUT2D eigenvalue weighted by molar-refractivity contribution is 5.87. The fraction of sp³-hybridized carbons (Fsp3) is 0.519. The van der Waals surface area contributed by atoms with Gasteiger partial charge in [-0.25, -0.2) is 0 Å². The Balaban J connectivity index is 1.38. The van der Waals surface area contributed by atoms with E-state index in [1.165, 1.54) is 50.5 Å². The quantitative estimate of drug-likeness (QED) is 0.190. The van der Waals surface area contributed by atoms with E-state index in [1.54, 1.807) is 6.08 Å². The molecule has 1 aromatic carbocycles. The summed E-state index contributed by atoms with van der Waals surface area (Å²) >= 11 is 0. The molecule has 1 amide bonds. The zero-order valence-corrected chi connectivity index (χ0v) is 19.3. The van der Waals surface area contributed by atoms with Crippen LogP contribution in [0.1, 0.15) is 77.2 Å². The van der Waals surface area contributed by atoms with E-state index >= 15 is 0 Å². The Labute approximate surface area is 188 Å². The van der Waals surface area contributed by atoms with Crippen molar-refractivity contribution in [3.05, 3.63) is 54.1 Å². The number of fused-ring (bicyclic) bond motifs is 1. The van der Waals surface area contributed by atoms with Crippen molar-refractivity contribution in [1.29, 1.82) is 0 Å². The summed E-state index contributed by atoms with van der Waals surface area (Å²) in [6.45, 7) is 5.23. The molecule has 0 bridgehead atoms. The van der Waals surface area contributed by atoms with E-state index in [-0.39, 0.29) is 5.91 Å². The third-order valence-corrected chi connectivity index (χ3v) is 5.13. The molecule has 0 unspecified atom stereocenters. The zero-order valence-electron chi connectivity index (χ0n) is 19.3. The molecular weight excluding hydrogens is 386 g/mol. The molecule has 1 N–H and O–H groups in total. The average Bonchev–Trinajstić information content (AvgIpc) is 3.23. The molecule has 1 heterocycles. The highest BCUT2D eigenvalue weighted by atomic mass is 16.7. The lowest BCUT2D eigenvalue weighted by Crippen LogP contribution is -2.25. The van der Waals surface area contributed by atoms with E-state index in [2.05, 4.69) is 43.5 Å². The Morgan fingerprint density at radius 1 is 0.935 bits per heavy atom. The van der Waals surface area contributed by atoms with Crippen LogP contribution in [0.4, 0.5) is 0 Å². The van der Waals surface area contributed by atoms with Gasteiger partial charge in [0.25, 0.3) is 0 Å². The lowest BCUT2D eigenvalue weighted by molar-refractivity contribution is -0.116. The number of nitrogens with one attached hydrogen (secondary N) is 1. The monoisotopic (exact) mass is 425 g/mol. The van der Waals surface area contributed by atoms with Crippen molar-refractivity contribution in [1.82, 2.24) is 5.32 Å². The zero-order chi connectivity index (χ0) is 22.2. The molecule has 0 saturated heterocycles. The van der Waals surface area contributed by atoms with Crippen molar-refractivity contribution in [3.8, 4) is 11.5 Å². The number of hydrogen-bond donors (Lipinski definition) is 1. The van der Waals surface area contributed by atoms with Crippen LogP contribution in [0, 0.1) is 5.92 Å². The van der Waals surface area contributed by atoms with Crippen molar-refractivity contribution < 1.29 is 14.3 Å². The van der Waals surface area contributed by atoms with Gasteiger partial charge < -0.3 is 14.8 Å². The van der Waals surface area contributed by atoms with Crippen molar-refractivity contribution in [2.45, 2.75) is 71.6 Å². The summed E-state index contributed by atoms with van der Waals surface area (Å²) in [5, 5.41) is 2.87. The number of carbonyl (C=O) groups is 1. The molecule has 0 aromatic heterocycles. The molecule has 0 radical (unpaired) electrons. The maximum absolute atomic E-state index is 11.5. The molecule has 0 atom stereocenters. The Morgan fingerprint density at radius 3 is 2.35 bits per heavy atom. The SMILES string of the molecule is CC(C)CNC(=O)/C=C/C=CCCCCCCCCC/C=C/c1ccc2c(c1)OCO2. The summed E-state index contributed by atoms with van der Waals surface area (Å²) < 4.78 is 10.7. The fourth-order valence-corrected chi connectivity index (χ4v) is 3.33. The minimum absolute atomic E-state index is 0.0122. The molecule has 1 aliphatic rings. The first kappa shape index (κ1) is 24.8. The minimum atomic E-state index is -0.0122. The smallest absolute Gasteiger partial charge is 0.243 e. The molecule has 170 valence electrons. The first-order valence-electron chi connectivity index (χ1n) is 11.8. The Hall–Kier alpha value is -2.49. The van der Waals surface area contributed by atoms with Gasteiger partial charge in [0.05, 0.1) is 0 Å². The molecule has 0 fully saturated rings. The number of ether oxygens (including phenoxy) is 2. The number of benzene rings is 1. The number of hydrogen-bond acceptors (Lipinski definition) is 3. The number of carbonyl (C=O) groups excluding carboxylic acids is 1. The van der Waals surface area contributed by atoms with Gasteiger partial charge in [-0.3, -0.25) is 4.79 Å². The number of unbranched alkanes of at least 4 members (excludes halogenated alkanes) is 8. The highest BCUT2D eigenvalue weighted by Gasteiger charge is 2.11. The molecule has 0 spiro atoms. The second kappa shape index (κ2) is 15.3. The van der Waals surface area contributed by atoms with Crippen molar-refractivity contribution in [2.24, 2.45) is 5.92 Å². The number of rotatable bonds is 15. The molecular formula is C27H39NO3. The van der Waals surface area contributed by atoms with Gasteiger partial charge >= 0.3 is 0 Å². The molecule has 1 aromatic rings. The van der Waals surface area contributed by atoms with E-state index in [4.69, 9.17) is 9.47 Å². The van der Waals surface area contributed by atoms with Crippen LogP contribution < -0.4 is 14.8 Å². The van der Waals surface area contributed by atoms with Crippen LogP contribution in [-0.4, -0.2) is 19.2 Å². The molecule has 0 aliphatic carbocycles. The van der Waals surface area contributed by atoms with Gasteiger partial charge in [0.2, 0.25) is 12.7 Å². The predicted molar refractivity (Wildman–Crippen MR) is 129 cm³/mol. The van der Waals surface area contributed by atoms with Crippen LogP contribution in [0.5, 0.6) is 11.5 Å². The van der Waals surface area contributed by atoms with Gasteiger partial charge in [0, 0.05) is 12.6 Å². The molecule has 0 saturated carbocycles. The van der Waals surface area contributed by atoms with E-state index in [0.29, 0.717) is 12.7 Å². The van der Waals surface area contributed by atoms with E-state index in [0.717, 1.165) is 30.9 Å². The van der Waals surface area contributed by atoms with Gasteiger partial charge in [-0.05, 0) is 49.3 Å². The molecule has 31 heavy (non-hydrogen) atoms. The third-order valence-electron chi connectivity index (χ3n) is 5.13. The predicted octanol–water partition coefficient (Wildman–Crippen LogP) is 6.82. The van der Waals surface area contributed by atoms with Gasteiger partial charge in [-0.2, -0.15) is 0 Å². The summed E-state index contributed by atoms with van der Waals surface area (Å²) in [5.41, 5.74) is 1.17. The van der Waals surface area contributed by atoms with Crippen molar-refractivity contribution >= 4 is 12.0 Å². The Bertz CT molecular complexity index is 734. The molecule has 4 heteroatoms. The Kier molecular flexibility index (Phi) is 12.3. The van der Waals surface area contributed by atoms with E-state index in [9.17, 15) is 4.79 Å². The molecule has 1 aliphatic heterocycles. The number of allylic oxidation sites excluding steroid dienone is 4. The topological polar surface area (TPSA) is 47.6 Å². The van der Waals surface area contributed by atoms with Crippen LogP contribution in [0.3, 0.4) is 0 Å². The van der Waals surface area contributed by atoms with Crippen LogP contribution in [0.25, 0.3) is 6.08 Å². The fourth-order valence-electron chi connectivity index (χ4n) is 3.33. The maximum atomic E-state index is 11.5. The van der Waals surface area contributed by atoms with Crippen molar-refractivity contribution in [3.63, 3.8) is 0 Å². The first-order chi connectivity index (χ1) is 15.1. The lowest BCUT2D eigenvalue weighted by atomic mass is 10.1. The molecule has 2 rings (SSSR count). The summed E-state index contributed by atoms with van der Waals surface area (Å²) in [4.78, 5) is 11.5. The second-order valence-electron chi connectivity index (χ2n) is 8.49. The summed E-state index contributed by atoms with van der Waals surface area (Å²) in [6.07, 6.45) is 23.2. The van der Waals surface area contributed by atoms with Gasteiger partial charge in [-0.1, -0.05) is 82.4 Å². The highest BCUT2D eigenvalue weighted by Crippen LogP contribution is 2.32. The van der Waals surface area contributed by atoms with Crippen LogP contribution in [-0.2, 0) is 4.79 Å². The van der Waals surface area contributed by atoms with Crippen molar-refractivity contribution in [2.75, 3.05) is 13.3 Å². The normalized spacial score (nSPS) is 13.3. The second-order valence-corrected chi connectivity index (χ2v) is 8.49. The van der Waals surface area contributed by atoms with Crippen LogP contribution in [0.2, 0.25) is 0 Å². The van der Waals surface area contributed by atoms with Gasteiger partial charge in [-0.15, -0.1) is 0 Å². The van der Waals surface area contributed by atoms with E-state index < -0.39 is 0 Å². The van der Waals surface area contributed by atoms with Gasteiger partial charge in [0.1, 0.15) is 0 Å². The van der Waals surface area contributed by atoms with Gasteiger partial charge in [0.15, 0.2) is 11.5 Å². The lowest BCUT2D eigenvalue weighted by Gasteiger charge is -2.03. The number of amides is 1. The van der Waals surface area contributed by atoms with Crippen LogP contribution >= 0.6 is 0 Å². The average molecular weight is 426 g/mol. The van der Waals surface area contributed by atoms with Crippen LogP contribution in [0.15, 0.2) is 48.6 Å². The third kappa shape index (κ3) is 11.5. The summed E-state index contributed by atoms with van der Waals surface area (Å²) in [6, 6.07) is 6.08.